The number of hydrogen-bond donors (Lipinski definition) is 0. The highest BCUT2D eigenvalue weighted by atomic mass is 32.2. The molecule has 0 saturated carbocycles. The van der Waals surface area contributed by atoms with Gasteiger partial charge in [-0.2, -0.15) is 0 Å². The van der Waals surface area contributed by atoms with Crippen LogP contribution in [0.25, 0.3) is 0 Å². The molecule has 2 aromatic carbocycles. The minimum atomic E-state index is 0.461. The maximum absolute atomic E-state index is 6.32. The highest BCUT2D eigenvalue weighted by Gasteiger charge is 2.29. The predicted molar refractivity (Wildman–Crippen MR) is 178 cm³/mol. The minimum Gasteiger partial charge on any atom is -0.493 e. The van der Waals surface area contributed by atoms with Crippen LogP contribution in [0.2, 0.25) is 0 Å². The van der Waals surface area contributed by atoms with Crippen molar-refractivity contribution in [3.63, 3.8) is 0 Å². The Morgan fingerprint density at radius 1 is 0.442 bits per heavy atom. The van der Waals surface area contributed by atoms with Gasteiger partial charge in [0.2, 0.25) is 0 Å². The SMILES string of the molecule is CCOCCSc1cc(OCC)c(Sc2c(OCC)cc(SCCOCC)c(OCC)c2OCC)c(OCC)c1OCC. The smallest absolute Gasteiger partial charge is 0.180 e. The largest absolute Gasteiger partial charge is 0.493 e. The lowest BCUT2D eigenvalue weighted by Crippen LogP contribution is -2.07. The quantitative estimate of drug-likeness (QED) is 0.0805. The molecule has 0 unspecified atom stereocenters. The average molecular weight is 659 g/mol. The van der Waals surface area contributed by atoms with Crippen LogP contribution in [0.4, 0.5) is 0 Å². The molecule has 0 aromatic heterocycles. The standard InChI is InChI=1S/C32H50O8S3/c1-9-33-17-19-41-25-21-23(35-11-3)31(29(39-15-7)27(25)37-13-5)43-32-24(36-12-4)22-26(42-20-18-34-10-2)28(38-14-6)30(32)40-16-8/h21-22H,9-20H2,1-8H3. The van der Waals surface area contributed by atoms with Crippen LogP contribution in [0.1, 0.15) is 55.4 Å². The molecule has 0 spiro atoms. The van der Waals surface area contributed by atoms with E-state index in [-0.39, 0.29) is 0 Å². The molecule has 0 aliphatic carbocycles. The van der Waals surface area contributed by atoms with Gasteiger partial charge in [0.05, 0.1) is 62.6 Å². The Morgan fingerprint density at radius 3 is 1.12 bits per heavy atom. The van der Waals surface area contributed by atoms with E-state index in [0.717, 1.165) is 31.1 Å². The summed E-state index contributed by atoms with van der Waals surface area (Å²) in [5, 5.41) is 0. The zero-order valence-corrected chi connectivity index (χ0v) is 29.6. The first-order valence-corrected chi connectivity index (χ1v) is 18.1. The van der Waals surface area contributed by atoms with E-state index in [1.165, 1.54) is 11.8 Å². The molecule has 8 nitrogen and oxygen atoms in total. The topological polar surface area (TPSA) is 73.8 Å². The summed E-state index contributed by atoms with van der Waals surface area (Å²) in [6.45, 7) is 21.4. The van der Waals surface area contributed by atoms with Crippen LogP contribution in [-0.2, 0) is 9.47 Å². The van der Waals surface area contributed by atoms with Crippen LogP contribution in [0, 0.1) is 0 Å². The lowest BCUT2D eigenvalue weighted by atomic mass is 10.2. The van der Waals surface area contributed by atoms with Gasteiger partial charge >= 0.3 is 0 Å². The predicted octanol–water partition coefficient (Wildman–Crippen LogP) is 8.49. The van der Waals surface area contributed by atoms with Crippen LogP contribution in [0.3, 0.4) is 0 Å². The summed E-state index contributed by atoms with van der Waals surface area (Å²) in [7, 11) is 0. The van der Waals surface area contributed by atoms with E-state index in [1.807, 2.05) is 67.5 Å². The lowest BCUT2D eigenvalue weighted by Gasteiger charge is -2.24. The second kappa shape index (κ2) is 21.8. The van der Waals surface area contributed by atoms with Gasteiger partial charge in [-0.3, -0.25) is 0 Å². The maximum Gasteiger partial charge on any atom is 0.180 e. The Bertz CT molecular complexity index is 1000. The molecular weight excluding hydrogens is 609 g/mol. The van der Waals surface area contributed by atoms with E-state index in [2.05, 4.69) is 0 Å². The Balaban J connectivity index is 2.80. The first-order valence-electron chi connectivity index (χ1n) is 15.3. The third-order valence-electron chi connectivity index (χ3n) is 5.58. The zero-order valence-electron chi connectivity index (χ0n) is 27.1. The Kier molecular flexibility index (Phi) is 19.0. The van der Waals surface area contributed by atoms with Crippen LogP contribution in [-0.4, -0.2) is 77.6 Å². The van der Waals surface area contributed by atoms with Crippen LogP contribution >= 0.6 is 35.3 Å². The van der Waals surface area contributed by atoms with Gasteiger partial charge < -0.3 is 37.9 Å². The van der Waals surface area contributed by atoms with E-state index in [4.69, 9.17) is 37.9 Å². The van der Waals surface area contributed by atoms with Crippen molar-refractivity contribution in [1.29, 1.82) is 0 Å². The van der Waals surface area contributed by atoms with Gasteiger partial charge in [-0.15, -0.1) is 23.5 Å². The normalized spacial score (nSPS) is 11.0. The highest BCUT2D eigenvalue weighted by Crippen LogP contribution is 2.57. The molecule has 0 atom stereocenters. The van der Waals surface area contributed by atoms with Gasteiger partial charge in [0.1, 0.15) is 21.3 Å². The molecule has 0 aliphatic rings. The summed E-state index contributed by atoms with van der Waals surface area (Å²) in [4.78, 5) is 3.48. The fourth-order valence-corrected chi connectivity index (χ4v) is 6.93. The van der Waals surface area contributed by atoms with Crippen molar-refractivity contribution >= 4 is 35.3 Å². The van der Waals surface area contributed by atoms with Crippen molar-refractivity contribution in [2.75, 3.05) is 77.6 Å². The van der Waals surface area contributed by atoms with Crippen molar-refractivity contribution in [2.24, 2.45) is 0 Å². The van der Waals surface area contributed by atoms with Gasteiger partial charge in [-0.05, 0) is 67.5 Å². The number of hydrogen-bond acceptors (Lipinski definition) is 11. The first-order chi connectivity index (χ1) is 21.0. The fraction of sp³-hybridized carbons (Fsp3) is 0.625. The maximum atomic E-state index is 6.32. The van der Waals surface area contributed by atoms with E-state index >= 15 is 0 Å². The van der Waals surface area contributed by atoms with E-state index in [9.17, 15) is 0 Å². The Hall–Kier alpha value is -1.79. The average Bonchev–Trinajstić information content (AvgIpc) is 3.00. The molecule has 43 heavy (non-hydrogen) atoms. The molecule has 0 fully saturated rings. The third kappa shape index (κ3) is 11.3. The van der Waals surface area contributed by atoms with Crippen molar-refractivity contribution in [3.8, 4) is 34.5 Å². The molecule has 0 amide bonds. The summed E-state index contributed by atoms with van der Waals surface area (Å²) < 4.78 is 48.8. The molecule has 0 bridgehead atoms. The number of thioether (sulfide) groups is 2. The third-order valence-corrected chi connectivity index (χ3v) is 8.73. The van der Waals surface area contributed by atoms with Crippen molar-refractivity contribution in [3.05, 3.63) is 12.1 Å². The van der Waals surface area contributed by atoms with Crippen molar-refractivity contribution in [1.82, 2.24) is 0 Å². The van der Waals surface area contributed by atoms with Crippen LogP contribution in [0.15, 0.2) is 31.7 Å². The molecule has 0 N–H and O–H groups in total. The van der Waals surface area contributed by atoms with E-state index in [1.54, 1.807) is 23.5 Å². The summed E-state index contributed by atoms with van der Waals surface area (Å²) in [5.41, 5.74) is 0. The summed E-state index contributed by atoms with van der Waals surface area (Å²) in [5.74, 6) is 5.63. The second-order valence-electron chi connectivity index (χ2n) is 8.51. The number of benzene rings is 2. The van der Waals surface area contributed by atoms with E-state index < -0.39 is 0 Å². The molecule has 0 saturated heterocycles. The molecule has 0 aliphatic heterocycles. The highest BCUT2D eigenvalue weighted by molar-refractivity contribution is 8.00. The van der Waals surface area contributed by atoms with Crippen LogP contribution < -0.4 is 28.4 Å². The summed E-state index contributed by atoms with van der Waals surface area (Å²) in [6.07, 6.45) is 0. The van der Waals surface area contributed by atoms with Gasteiger partial charge in [0, 0.05) is 24.7 Å². The molecule has 2 rings (SSSR count). The Labute approximate surface area is 271 Å². The molecule has 0 heterocycles. The van der Waals surface area contributed by atoms with Crippen molar-refractivity contribution in [2.45, 2.75) is 75.0 Å². The van der Waals surface area contributed by atoms with Gasteiger partial charge in [-0.1, -0.05) is 11.8 Å². The Morgan fingerprint density at radius 2 is 0.791 bits per heavy atom. The van der Waals surface area contributed by atoms with Crippen LogP contribution in [0.5, 0.6) is 34.5 Å². The zero-order chi connectivity index (χ0) is 31.5. The molecule has 11 heteroatoms. The van der Waals surface area contributed by atoms with Gasteiger partial charge in [-0.25, -0.2) is 0 Å². The summed E-state index contributed by atoms with van der Waals surface area (Å²) >= 11 is 4.82. The number of rotatable bonds is 24. The summed E-state index contributed by atoms with van der Waals surface area (Å²) in [6, 6.07) is 4.08. The second-order valence-corrected chi connectivity index (χ2v) is 11.8. The molecule has 2 aromatic rings. The fourth-order valence-electron chi connectivity index (χ4n) is 4.01. The molecule has 0 radical (unpaired) electrons. The van der Waals surface area contributed by atoms with Gasteiger partial charge in [0.15, 0.2) is 23.0 Å². The first kappa shape index (κ1) is 37.4. The minimum absolute atomic E-state index is 0.461. The lowest BCUT2D eigenvalue weighted by molar-refractivity contribution is 0.164. The van der Waals surface area contributed by atoms with Gasteiger partial charge in [0.25, 0.3) is 0 Å². The molecular formula is C32H50O8S3. The van der Waals surface area contributed by atoms with Crippen molar-refractivity contribution < 1.29 is 37.9 Å². The monoisotopic (exact) mass is 658 g/mol. The molecule has 244 valence electrons. The number of ether oxygens (including phenoxy) is 8. The van der Waals surface area contributed by atoms with E-state index in [0.29, 0.717) is 101 Å².